The van der Waals surface area contributed by atoms with E-state index >= 15 is 0 Å². The second-order valence-electron chi connectivity index (χ2n) is 6.08. The molecule has 0 aromatic carbocycles. The Morgan fingerprint density at radius 2 is 1.96 bits per heavy atom. The van der Waals surface area contributed by atoms with Gasteiger partial charge in [-0.25, -0.2) is 14.6 Å². The Morgan fingerprint density at radius 1 is 1.19 bits per heavy atom. The van der Waals surface area contributed by atoms with E-state index in [2.05, 4.69) is 9.97 Å². The maximum atomic E-state index is 12.4. The molecule has 0 atom stereocenters. The fourth-order valence-corrected chi connectivity index (χ4v) is 2.95. The van der Waals surface area contributed by atoms with Crippen LogP contribution in [0.4, 0.5) is 0 Å². The number of hydrogen-bond donors (Lipinski definition) is 1. The molecule has 0 amide bonds. The van der Waals surface area contributed by atoms with E-state index in [1.165, 1.54) is 0 Å². The number of carbonyl (C=O) groups excluding carboxylic acids is 2. The topological polar surface area (TPSA) is 85.7 Å². The quantitative estimate of drug-likeness (QED) is 0.711. The van der Waals surface area contributed by atoms with Crippen LogP contribution in [0.25, 0.3) is 5.65 Å². The number of nitrogens with one attached hydrogen (secondary N) is 1. The third-order valence-electron chi connectivity index (χ3n) is 4.20. The molecule has 0 fully saturated rings. The Bertz CT molecular complexity index is 984. The molecule has 7 heteroatoms. The van der Waals surface area contributed by atoms with E-state index in [-0.39, 0.29) is 18.9 Å². The van der Waals surface area contributed by atoms with Crippen LogP contribution < -0.4 is 0 Å². The number of aryl methyl sites for hydroxylation is 2. The fourth-order valence-electron chi connectivity index (χ4n) is 2.95. The van der Waals surface area contributed by atoms with Gasteiger partial charge in [0.1, 0.15) is 17.9 Å². The molecule has 0 spiro atoms. The summed E-state index contributed by atoms with van der Waals surface area (Å²) in [6.07, 6.45) is 3.72. The molecule has 0 saturated heterocycles. The summed E-state index contributed by atoms with van der Waals surface area (Å²) in [6, 6.07) is 3.90. The SMILES string of the molecule is CCOC(=O)c1c(C)[nH]c(C(=O)OCc2cn3cccc(C)c3n2)c1C. The standard InChI is InChI=1S/C19H21N3O4/c1-5-25-18(23)15-12(3)16(20-13(15)4)19(24)26-10-14-9-22-8-6-7-11(2)17(22)21-14/h6-9,20H,5,10H2,1-4H3. The Morgan fingerprint density at radius 3 is 2.65 bits per heavy atom. The molecule has 0 aliphatic heterocycles. The van der Waals surface area contributed by atoms with Crippen LogP contribution >= 0.6 is 0 Å². The molecule has 0 unspecified atom stereocenters. The average molecular weight is 355 g/mol. The van der Waals surface area contributed by atoms with Gasteiger partial charge >= 0.3 is 11.9 Å². The predicted octanol–water partition coefficient (Wildman–Crippen LogP) is 3.12. The van der Waals surface area contributed by atoms with Crippen LogP contribution in [-0.2, 0) is 16.1 Å². The molecule has 136 valence electrons. The molecular weight excluding hydrogens is 334 g/mol. The maximum absolute atomic E-state index is 12.4. The molecule has 1 N–H and O–H groups in total. The summed E-state index contributed by atoms with van der Waals surface area (Å²) in [6.45, 7) is 7.45. The number of esters is 2. The van der Waals surface area contributed by atoms with E-state index < -0.39 is 11.9 Å². The highest BCUT2D eigenvalue weighted by atomic mass is 16.5. The van der Waals surface area contributed by atoms with Gasteiger partial charge in [0.05, 0.1) is 17.9 Å². The number of imidazole rings is 1. The lowest BCUT2D eigenvalue weighted by Gasteiger charge is -2.03. The minimum atomic E-state index is -0.532. The van der Waals surface area contributed by atoms with E-state index in [4.69, 9.17) is 9.47 Å². The average Bonchev–Trinajstić information content (AvgIpc) is 3.14. The van der Waals surface area contributed by atoms with Gasteiger partial charge in [-0.1, -0.05) is 6.07 Å². The van der Waals surface area contributed by atoms with Crippen LogP contribution in [0.15, 0.2) is 24.5 Å². The summed E-state index contributed by atoms with van der Waals surface area (Å²) in [7, 11) is 0. The Labute approximate surface area is 151 Å². The van der Waals surface area contributed by atoms with Crippen molar-refractivity contribution in [2.24, 2.45) is 0 Å². The van der Waals surface area contributed by atoms with Gasteiger partial charge < -0.3 is 18.9 Å². The molecule has 0 saturated carbocycles. The van der Waals surface area contributed by atoms with Crippen molar-refractivity contribution in [3.05, 3.63) is 58.3 Å². The van der Waals surface area contributed by atoms with Gasteiger partial charge in [-0.3, -0.25) is 0 Å². The number of hydrogen-bond acceptors (Lipinski definition) is 5. The zero-order chi connectivity index (χ0) is 18.8. The van der Waals surface area contributed by atoms with E-state index in [1.807, 2.05) is 35.9 Å². The van der Waals surface area contributed by atoms with Crippen LogP contribution in [0, 0.1) is 20.8 Å². The molecule has 0 bridgehead atoms. The number of pyridine rings is 1. The highest BCUT2D eigenvalue weighted by Gasteiger charge is 2.23. The highest BCUT2D eigenvalue weighted by Crippen LogP contribution is 2.20. The van der Waals surface area contributed by atoms with Crippen LogP contribution in [0.3, 0.4) is 0 Å². The second-order valence-corrected chi connectivity index (χ2v) is 6.08. The molecule has 3 aromatic heterocycles. The summed E-state index contributed by atoms with van der Waals surface area (Å²) in [5, 5.41) is 0. The molecule has 0 aliphatic carbocycles. The second kappa shape index (κ2) is 7.03. The first kappa shape index (κ1) is 17.7. The zero-order valence-corrected chi connectivity index (χ0v) is 15.3. The third-order valence-corrected chi connectivity index (χ3v) is 4.20. The van der Waals surface area contributed by atoms with Gasteiger partial charge in [0, 0.05) is 18.1 Å². The summed E-state index contributed by atoms with van der Waals surface area (Å²) < 4.78 is 12.3. The molecule has 3 heterocycles. The van der Waals surface area contributed by atoms with Crippen LogP contribution in [0.5, 0.6) is 0 Å². The Kier molecular flexibility index (Phi) is 4.79. The Hall–Kier alpha value is -3.09. The first-order chi connectivity index (χ1) is 12.4. The molecule has 26 heavy (non-hydrogen) atoms. The number of fused-ring (bicyclic) bond motifs is 1. The zero-order valence-electron chi connectivity index (χ0n) is 15.3. The number of ether oxygens (including phenoxy) is 2. The highest BCUT2D eigenvalue weighted by molar-refractivity contribution is 5.98. The molecular formula is C19H21N3O4. The number of H-pyrrole nitrogens is 1. The minimum Gasteiger partial charge on any atom is -0.462 e. The van der Waals surface area contributed by atoms with Gasteiger partial charge in [-0.05, 0) is 44.9 Å². The van der Waals surface area contributed by atoms with Gasteiger partial charge in [0.2, 0.25) is 0 Å². The number of aromatic amines is 1. The number of aromatic nitrogens is 3. The van der Waals surface area contributed by atoms with Gasteiger partial charge in [-0.2, -0.15) is 0 Å². The predicted molar refractivity (Wildman–Crippen MR) is 95.3 cm³/mol. The number of nitrogens with zero attached hydrogens (tertiary/aromatic N) is 2. The van der Waals surface area contributed by atoms with E-state index in [0.717, 1.165) is 11.2 Å². The summed E-state index contributed by atoms with van der Waals surface area (Å²) >= 11 is 0. The van der Waals surface area contributed by atoms with E-state index in [9.17, 15) is 9.59 Å². The summed E-state index contributed by atoms with van der Waals surface area (Å²) in [5.41, 5.74) is 4.26. The molecule has 3 rings (SSSR count). The Balaban J connectivity index is 1.76. The van der Waals surface area contributed by atoms with Gasteiger partial charge in [0.15, 0.2) is 0 Å². The molecule has 3 aromatic rings. The number of carbonyl (C=O) groups is 2. The lowest BCUT2D eigenvalue weighted by Crippen LogP contribution is -2.09. The lowest BCUT2D eigenvalue weighted by molar-refractivity contribution is 0.0461. The number of rotatable bonds is 5. The van der Waals surface area contributed by atoms with Crippen molar-refractivity contribution in [1.82, 2.24) is 14.4 Å². The fraction of sp³-hybridized carbons (Fsp3) is 0.316. The normalized spacial score (nSPS) is 10.9. The molecule has 0 radical (unpaired) electrons. The van der Waals surface area contributed by atoms with Gasteiger partial charge in [0.25, 0.3) is 0 Å². The third kappa shape index (κ3) is 3.20. The monoisotopic (exact) mass is 355 g/mol. The first-order valence-corrected chi connectivity index (χ1v) is 8.39. The van der Waals surface area contributed by atoms with Crippen molar-refractivity contribution in [3.8, 4) is 0 Å². The largest absolute Gasteiger partial charge is 0.462 e. The van der Waals surface area contributed by atoms with E-state index in [0.29, 0.717) is 22.5 Å². The van der Waals surface area contributed by atoms with Crippen molar-refractivity contribution in [1.29, 1.82) is 0 Å². The van der Waals surface area contributed by atoms with Crippen LogP contribution in [0.2, 0.25) is 0 Å². The molecule has 7 nitrogen and oxygen atoms in total. The minimum absolute atomic E-state index is 0.0478. The maximum Gasteiger partial charge on any atom is 0.355 e. The first-order valence-electron chi connectivity index (χ1n) is 8.39. The van der Waals surface area contributed by atoms with Gasteiger partial charge in [-0.15, -0.1) is 0 Å². The van der Waals surface area contributed by atoms with Crippen molar-refractivity contribution >= 4 is 17.6 Å². The molecule has 0 aliphatic rings. The van der Waals surface area contributed by atoms with E-state index in [1.54, 1.807) is 20.8 Å². The van der Waals surface area contributed by atoms with Crippen molar-refractivity contribution in [2.45, 2.75) is 34.3 Å². The van der Waals surface area contributed by atoms with Crippen molar-refractivity contribution in [3.63, 3.8) is 0 Å². The van der Waals surface area contributed by atoms with Crippen LogP contribution in [-0.4, -0.2) is 32.9 Å². The lowest BCUT2D eigenvalue weighted by atomic mass is 10.1. The summed E-state index contributed by atoms with van der Waals surface area (Å²) in [4.78, 5) is 31.9. The van der Waals surface area contributed by atoms with Crippen molar-refractivity contribution < 1.29 is 19.1 Å². The smallest absolute Gasteiger partial charge is 0.355 e. The van der Waals surface area contributed by atoms with Crippen LogP contribution in [0.1, 0.15) is 50.3 Å². The summed E-state index contributed by atoms with van der Waals surface area (Å²) in [5.74, 6) is -0.983. The van der Waals surface area contributed by atoms with Crippen molar-refractivity contribution in [2.75, 3.05) is 6.61 Å².